The third-order valence-corrected chi connectivity index (χ3v) is 8.58. The molecule has 0 aromatic heterocycles. The average Bonchev–Trinajstić information content (AvgIpc) is 2.55. The Labute approximate surface area is 160 Å². The fraction of sp³-hybridized carbons (Fsp3) is 0.650. The number of carbonyl (C=O) groups is 1. The maximum Gasteiger partial charge on any atom is 0.239 e. The van der Waals surface area contributed by atoms with Crippen molar-refractivity contribution in [2.75, 3.05) is 16.8 Å². The van der Waals surface area contributed by atoms with E-state index in [9.17, 15) is 13.2 Å². The average molecular weight is 396 g/mol. The highest BCUT2D eigenvalue weighted by atomic mass is 35.5. The Balaban J connectivity index is 1.53. The Morgan fingerprint density at radius 2 is 1.73 bits per heavy atom. The molecular formula is C20H26ClNO3S. The summed E-state index contributed by atoms with van der Waals surface area (Å²) in [6, 6.07) is 5.92. The molecule has 142 valence electrons. The Hall–Kier alpha value is -1.07. The normalized spacial score (nSPS) is 32.6. The van der Waals surface area contributed by atoms with E-state index in [1.54, 1.807) is 0 Å². The van der Waals surface area contributed by atoms with E-state index in [0.29, 0.717) is 10.7 Å². The smallest absolute Gasteiger partial charge is 0.239 e. The summed E-state index contributed by atoms with van der Waals surface area (Å²) in [7, 11) is -3.35. The number of sulfone groups is 1. The third kappa shape index (κ3) is 3.40. The lowest BCUT2D eigenvalue weighted by Gasteiger charge is -2.57. The standard InChI is InChI=1S/C20H26ClNO3S/c1-2-26(24,25)12-19(23)22-18-4-3-16(8-17(18)21)20-9-13-5-14(10-20)7-15(6-13)11-20/h3-4,8,13-15H,2,5-7,9-12H2,1H3,(H,22,23). The van der Waals surface area contributed by atoms with Gasteiger partial charge in [0.15, 0.2) is 9.84 Å². The summed E-state index contributed by atoms with van der Waals surface area (Å²) in [4.78, 5) is 12.0. The van der Waals surface area contributed by atoms with E-state index < -0.39 is 21.5 Å². The number of carbonyl (C=O) groups excluding carboxylic acids is 1. The van der Waals surface area contributed by atoms with Gasteiger partial charge in [0.25, 0.3) is 0 Å². The van der Waals surface area contributed by atoms with Gasteiger partial charge in [-0.05, 0) is 79.4 Å². The highest BCUT2D eigenvalue weighted by Gasteiger charge is 2.51. The van der Waals surface area contributed by atoms with Crippen LogP contribution in [-0.4, -0.2) is 25.8 Å². The number of hydrogen-bond donors (Lipinski definition) is 1. The molecule has 0 radical (unpaired) electrons. The van der Waals surface area contributed by atoms with Gasteiger partial charge in [-0.15, -0.1) is 0 Å². The number of halogens is 1. The van der Waals surface area contributed by atoms with Crippen LogP contribution in [-0.2, 0) is 20.0 Å². The lowest BCUT2D eigenvalue weighted by Crippen LogP contribution is -2.48. The number of nitrogens with one attached hydrogen (secondary N) is 1. The second kappa shape index (κ2) is 6.52. The second-order valence-electron chi connectivity index (χ2n) is 8.62. The summed E-state index contributed by atoms with van der Waals surface area (Å²) in [6.45, 7) is 1.54. The van der Waals surface area contributed by atoms with Crippen molar-refractivity contribution in [3.05, 3.63) is 28.8 Å². The highest BCUT2D eigenvalue weighted by Crippen LogP contribution is 2.60. The molecule has 4 aliphatic carbocycles. The van der Waals surface area contributed by atoms with Crippen molar-refractivity contribution in [3.8, 4) is 0 Å². The first-order valence-electron chi connectivity index (χ1n) is 9.59. The summed E-state index contributed by atoms with van der Waals surface area (Å²) in [5, 5.41) is 3.15. The molecule has 6 heteroatoms. The molecule has 0 spiro atoms. The molecule has 0 saturated heterocycles. The Kier molecular flexibility index (Phi) is 4.59. The molecule has 4 saturated carbocycles. The minimum atomic E-state index is -3.35. The zero-order valence-electron chi connectivity index (χ0n) is 15.1. The predicted molar refractivity (Wildman–Crippen MR) is 104 cm³/mol. The topological polar surface area (TPSA) is 63.2 Å². The summed E-state index contributed by atoms with van der Waals surface area (Å²) in [5.74, 6) is 1.50. The molecule has 4 bridgehead atoms. The molecule has 0 heterocycles. The van der Waals surface area contributed by atoms with Crippen molar-refractivity contribution >= 4 is 33.0 Å². The Morgan fingerprint density at radius 1 is 1.15 bits per heavy atom. The molecule has 4 aliphatic rings. The first kappa shape index (κ1) is 18.3. The molecule has 0 aliphatic heterocycles. The van der Waals surface area contributed by atoms with Crippen LogP contribution in [0.4, 0.5) is 5.69 Å². The second-order valence-corrected chi connectivity index (χ2v) is 11.4. The molecule has 1 aromatic rings. The van der Waals surface area contributed by atoms with Gasteiger partial charge in [-0.3, -0.25) is 4.79 Å². The molecule has 0 atom stereocenters. The van der Waals surface area contributed by atoms with Gasteiger partial charge in [-0.1, -0.05) is 24.6 Å². The predicted octanol–water partition coefficient (Wildman–Crippen LogP) is 4.18. The number of hydrogen-bond acceptors (Lipinski definition) is 3. The van der Waals surface area contributed by atoms with E-state index in [1.165, 1.54) is 51.0 Å². The Bertz CT molecular complexity index is 798. The fourth-order valence-corrected chi connectivity index (χ4v) is 6.80. The van der Waals surface area contributed by atoms with E-state index in [0.717, 1.165) is 17.8 Å². The minimum Gasteiger partial charge on any atom is -0.324 e. The van der Waals surface area contributed by atoms with Crippen LogP contribution in [0.15, 0.2) is 18.2 Å². The number of amides is 1. The zero-order chi connectivity index (χ0) is 18.5. The van der Waals surface area contributed by atoms with Crippen molar-refractivity contribution in [1.29, 1.82) is 0 Å². The first-order valence-corrected chi connectivity index (χ1v) is 11.8. The van der Waals surface area contributed by atoms with Crippen molar-refractivity contribution in [1.82, 2.24) is 0 Å². The summed E-state index contributed by atoms with van der Waals surface area (Å²) < 4.78 is 23.2. The van der Waals surface area contributed by atoms with Crippen LogP contribution in [0, 0.1) is 17.8 Å². The van der Waals surface area contributed by atoms with Gasteiger partial charge in [0.1, 0.15) is 5.75 Å². The van der Waals surface area contributed by atoms with Gasteiger partial charge in [-0.2, -0.15) is 0 Å². The van der Waals surface area contributed by atoms with Gasteiger partial charge in [-0.25, -0.2) is 8.42 Å². The van der Waals surface area contributed by atoms with E-state index in [4.69, 9.17) is 11.6 Å². The molecule has 4 fully saturated rings. The van der Waals surface area contributed by atoms with E-state index in [1.807, 2.05) is 12.1 Å². The third-order valence-electron chi connectivity index (χ3n) is 6.68. The van der Waals surface area contributed by atoms with E-state index in [-0.39, 0.29) is 11.2 Å². The molecule has 5 rings (SSSR count). The van der Waals surface area contributed by atoms with Gasteiger partial charge in [0.2, 0.25) is 5.91 Å². The monoisotopic (exact) mass is 395 g/mol. The molecule has 1 amide bonds. The van der Waals surface area contributed by atoms with E-state index in [2.05, 4.69) is 11.4 Å². The summed E-state index contributed by atoms with van der Waals surface area (Å²) >= 11 is 6.45. The van der Waals surface area contributed by atoms with Crippen LogP contribution in [0.1, 0.15) is 51.0 Å². The quantitative estimate of drug-likeness (QED) is 0.813. The van der Waals surface area contributed by atoms with Crippen molar-refractivity contribution in [2.45, 2.75) is 50.9 Å². The fourth-order valence-electron chi connectivity index (χ4n) is 5.90. The minimum absolute atomic E-state index is 0.0425. The van der Waals surface area contributed by atoms with Gasteiger partial charge in [0, 0.05) is 5.75 Å². The van der Waals surface area contributed by atoms with Crippen molar-refractivity contribution in [2.24, 2.45) is 17.8 Å². The lowest BCUT2D eigenvalue weighted by molar-refractivity contribution is -0.113. The van der Waals surface area contributed by atoms with Gasteiger partial charge >= 0.3 is 0 Å². The number of rotatable bonds is 5. The van der Waals surface area contributed by atoms with E-state index >= 15 is 0 Å². The highest BCUT2D eigenvalue weighted by molar-refractivity contribution is 7.92. The lowest BCUT2D eigenvalue weighted by atomic mass is 9.48. The maximum absolute atomic E-state index is 12.0. The molecular weight excluding hydrogens is 370 g/mol. The molecule has 1 N–H and O–H groups in total. The van der Waals surface area contributed by atoms with Crippen molar-refractivity contribution < 1.29 is 13.2 Å². The van der Waals surface area contributed by atoms with Crippen molar-refractivity contribution in [3.63, 3.8) is 0 Å². The molecule has 26 heavy (non-hydrogen) atoms. The first-order chi connectivity index (χ1) is 12.3. The van der Waals surface area contributed by atoms with Crippen LogP contribution in [0.3, 0.4) is 0 Å². The van der Waals surface area contributed by atoms with Crippen LogP contribution >= 0.6 is 11.6 Å². The summed E-state index contributed by atoms with van der Waals surface area (Å²) in [6.07, 6.45) is 7.97. The SMILES string of the molecule is CCS(=O)(=O)CC(=O)Nc1ccc(C23CC4CC(CC(C4)C2)C3)cc1Cl. The van der Waals surface area contributed by atoms with Crippen LogP contribution in [0.5, 0.6) is 0 Å². The summed E-state index contributed by atoms with van der Waals surface area (Å²) in [5.41, 5.74) is 2.05. The number of anilines is 1. The van der Waals surface area contributed by atoms with Crippen LogP contribution in [0.25, 0.3) is 0 Å². The molecule has 4 nitrogen and oxygen atoms in total. The van der Waals surface area contributed by atoms with Gasteiger partial charge in [0.05, 0.1) is 10.7 Å². The number of benzene rings is 1. The zero-order valence-corrected chi connectivity index (χ0v) is 16.7. The largest absolute Gasteiger partial charge is 0.324 e. The van der Waals surface area contributed by atoms with Crippen LogP contribution < -0.4 is 5.32 Å². The molecule has 0 unspecified atom stereocenters. The Morgan fingerprint density at radius 3 is 2.23 bits per heavy atom. The van der Waals surface area contributed by atoms with Crippen LogP contribution in [0.2, 0.25) is 5.02 Å². The maximum atomic E-state index is 12.0. The molecule has 1 aromatic carbocycles. The van der Waals surface area contributed by atoms with Gasteiger partial charge < -0.3 is 5.32 Å².